The summed E-state index contributed by atoms with van der Waals surface area (Å²) >= 11 is 0. The van der Waals surface area contributed by atoms with Crippen molar-refractivity contribution in [3.63, 3.8) is 0 Å². The van der Waals surface area contributed by atoms with E-state index in [1.54, 1.807) is 0 Å². The van der Waals surface area contributed by atoms with Crippen molar-refractivity contribution < 1.29 is 0 Å². The molecule has 0 aromatic carbocycles. The van der Waals surface area contributed by atoms with Gasteiger partial charge in [0.25, 0.3) is 0 Å². The van der Waals surface area contributed by atoms with Crippen molar-refractivity contribution in [2.45, 2.75) is 46.2 Å². The topological polar surface area (TPSA) is 0 Å². The Morgan fingerprint density at radius 1 is 1.17 bits per heavy atom. The van der Waals surface area contributed by atoms with E-state index >= 15 is 0 Å². The van der Waals surface area contributed by atoms with Crippen molar-refractivity contribution in [3.8, 4) is 0 Å². The van der Waals surface area contributed by atoms with Crippen molar-refractivity contribution >= 4 is 8.07 Å². The van der Waals surface area contributed by atoms with E-state index in [-0.39, 0.29) is 0 Å². The highest BCUT2D eigenvalue weighted by atomic mass is 28.3. The minimum Gasteiger partial charge on any atom is -0.104 e. The first-order valence-electron chi connectivity index (χ1n) is 4.71. The van der Waals surface area contributed by atoms with Crippen LogP contribution in [-0.4, -0.2) is 8.07 Å². The van der Waals surface area contributed by atoms with Gasteiger partial charge in [0.15, 0.2) is 0 Å². The highest BCUT2D eigenvalue weighted by Crippen LogP contribution is 2.36. The smallest absolute Gasteiger partial charge is 0.104 e. The normalized spacial score (nSPS) is 11.8. The first-order valence-corrected chi connectivity index (χ1v) is 7.00. The van der Waals surface area contributed by atoms with E-state index in [9.17, 15) is 0 Å². The molecule has 0 amide bonds. The molecule has 0 aromatic heterocycles. The van der Waals surface area contributed by atoms with Crippen molar-refractivity contribution in [2.24, 2.45) is 0 Å². The lowest BCUT2D eigenvalue weighted by Crippen LogP contribution is -2.40. The molecule has 0 aromatic rings. The highest BCUT2D eigenvalue weighted by molar-refractivity contribution is 6.93. The zero-order valence-corrected chi connectivity index (χ0v) is 10.2. The fourth-order valence-corrected chi connectivity index (χ4v) is 7.09. The summed E-state index contributed by atoms with van der Waals surface area (Å²) in [6.07, 6.45) is 0. The van der Waals surface area contributed by atoms with Crippen LogP contribution < -0.4 is 0 Å². The lowest BCUT2D eigenvalue weighted by molar-refractivity contribution is 0.990. The third kappa shape index (κ3) is 1.71. The van der Waals surface area contributed by atoms with E-state index in [4.69, 9.17) is 0 Å². The van der Waals surface area contributed by atoms with Crippen LogP contribution >= 0.6 is 0 Å². The van der Waals surface area contributed by atoms with Gasteiger partial charge in [0.05, 0.1) is 0 Å². The molecule has 0 bridgehead atoms. The van der Waals surface area contributed by atoms with Gasteiger partial charge in [0.2, 0.25) is 0 Å². The molecule has 0 rings (SSSR count). The molecule has 0 heterocycles. The summed E-state index contributed by atoms with van der Waals surface area (Å²) < 4.78 is 0. The molecule has 0 nitrogen and oxygen atoms in total. The Hall–Kier alpha value is -0.303. The second kappa shape index (κ2) is 4.08. The van der Waals surface area contributed by atoms with E-state index in [2.05, 4.69) is 47.8 Å². The first-order chi connectivity index (χ1) is 5.39. The fraction of sp³-hybridized carbons (Fsp3) is 0.636. The van der Waals surface area contributed by atoms with E-state index in [0.717, 1.165) is 5.54 Å². The van der Waals surface area contributed by atoms with Crippen molar-refractivity contribution in [1.82, 2.24) is 0 Å². The predicted molar refractivity (Wildman–Crippen MR) is 61.0 cm³/mol. The van der Waals surface area contributed by atoms with Gasteiger partial charge < -0.3 is 0 Å². The maximum atomic E-state index is 4.14. The van der Waals surface area contributed by atoms with Gasteiger partial charge in [0.1, 0.15) is 8.07 Å². The summed E-state index contributed by atoms with van der Waals surface area (Å²) in [6.45, 7) is 19.5. The molecule has 0 saturated heterocycles. The zero-order chi connectivity index (χ0) is 9.94. The van der Waals surface area contributed by atoms with Crippen LogP contribution in [0.4, 0.5) is 0 Å². The van der Waals surface area contributed by atoms with Crippen molar-refractivity contribution in [1.29, 1.82) is 0 Å². The van der Waals surface area contributed by atoms with Gasteiger partial charge in [-0.2, -0.15) is 0 Å². The number of hydrogen-bond donors (Lipinski definition) is 0. The molecular weight excluding hydrogens is 160 g/mol. The van der Waals surface area contributed by atoms with Crippen LogP contribution in [-0.2, 0) is 0 Å². The molecule has 0 aliphatic heterocycles. The maximum Gasteiger partial charge on any atom is 0.109 e. The average molecular weight is 182 g/mol. The largest absolute Gasteiger partial charge is 0.109 e. The second-order valence-corrected chi connectivity index (χ2v) is 9.55. The van der Waals surface area contributed by atoms with Crippen molar-refractivity contribution in [3.05, 3.63) is 23.6 Å². The summed E-state index contributed by atoms with van der Waals surface area (Å²) in [7, 11) is -1.39. The van der Waals surface area contributed by atoms with E-state index in [1.165, 1.54) is 16.4 Å². The van der Waals surface area contributed by atoms with Crippen LogP contribution in [0.3, 0.4) is 0 Å². The van der Waals surface area contributed by atoms with Gasteiger partial charge in [-0.3, -0.25) is 0 Å². The summed E-state index contributed by atoms with van der Waals surface area (Å²) in [5.74, 6) is 0. The van der Waals surface area contributed by atoms with Crippen LogP contribution in [0.5, 0.6) is 0 Å². The van der Waals surface area contributed by atoms with E-state index < -0.39 is 8.07 Å². The van der Waals surface area contributed by atoms with Crippen molar-refractivity contribution in [2.75, 3.05) is 0 Å². The zero-order valence-electron chi connectivity index (χ0n) is 9.20. The molecule has 0 N–H and O–H groups in total. The molecule has 0 unspecified atom stereocenters. The molecule has 0 radical (unpaired) electrons. The molecule has 0 aliphatic rings. The molecule has 0 aliphatic carbocycles. The Bertz CT molecular complexity index is 175. The summed E-state index contributed by atoms with van der Waals surface area (Å²) in [6, 6.07) is 1.25. The van der Waals surface area contributed by atoms with Crippen LogP contribution in [0.15, 0.2) is 23.6 Å². The first kappa shape index (κ1) is 11.7. The standard InChI is InChI=1S/C11H22Si/c1-8-12(9(2)3,10(4)5)11(6)7/h11H,2,4,8H2,1,3,5-7H3. The number of allylic oxidation sites excluding steroid dienone is 2. The molecular formula is C11H22Si. The summed E-state index contributed by atoms with van der Waals surface area (Å²) in [4.78, 5) is 0. The third-order valence-electron chi connectivity index (χ3n) is 3.07. The molecule has 12 heavy (non-hydrogen) atoms. The molecule has 70 valence electrons. The van der Waals surface area contributed by atoms with Gasteiger partial charge in [-0.05, 0) is 19.4 Å². The summed E-state index contributed by atoms with van der Waals surface area (Å²) in [5.41, 5.74) is 0.734. The lowest BCUT2D eigenvalue weighted by Gasteiger charge is -2.36. The quantitative estimate of drug-likeness (QED) is 0.574. The molecule has 0 atom stereocenters. The van der Waals surface area contributed by atoms with Crippen LogP contribution in [0, 0.1) is 0 Å². The Labute approximate surface area is 78.4 Å². The summed E-state index contributed by atoms with van der Waals surface area (Å²) in [5, 5.41) is 2.76. The predicted octanol–water partition coefficient (Wildman–Crippen LogP) is 4.10. The third-order valence-corrected chi connectivity index (χ3v) is 9.20. The monoisotopic (exact) mass is 182 g/mol. The Morgan fingerprint density at radius 3 is 1.50 bits per heavy atom. The van der Waals surface area contributed by atoms with Gasteiger partial charge in [-0.1, -0.05) is 37.2 Å². The Kier molecular flexibility index (Phi) is 3.98. The van der Waals surface area contributed by atoms with Gasteiger partial charge >= 0.3 is 0 Å². The minimum absolute atomic E-state index is 0.734. The van der Waals surface area contributed by atoms with Gasteiger partial charge in [0, 0.05) is 0 Å². The number of hydrogen-bond acceptors (Lipinski definition) is 0. The average Bonchev–Trinajstić information content (AvgIpc) is 1.86. The van der Waals surface area contributed by atoms with E-state index in [0.29, 0.717) is 0 Å². The van der Waals surface area contributed by atoms with Crippen LogP contribution in [0.1, 0.15) is 34.6 Å². The van der Waals surface area contributed by atoms with Gasteiger partial charge in [-0.25, -0.2) is 0 Å². The Balaban J connectivity index is 5.04. The highest BCUT2D eigenvalue weighted by Gasteiger charge is 2.36. The molecule has 0 fully saturated rings. The lowest BCUT2D eigenvalue weighted by atomic mass is 10.6. The molecule has 0 spiro atoms. The van der Waals surface area contributed by atoms with Crippen LogP contribution in [0.25, 0.3) is 0 Å². The van der Waals surface area contributed by atoms with Gasteiger partial charge in [-0.15, -0.1) is 13.2 Å². The van der Waals surface area contributed by atoms with Crippen LogP contribution in [0.2, 0.25) is 11.6 Å². The van der Waals surface area contributed by atoms with E-state index in [1.807, 2.05) is 0 Å². The fourth-order valence-electron chi connectivity index (χ4n) is 2.36. The maximum absolute atomic E-state index is 4.14. The number of rotatable bonds is 4. The minimum atomic E-state index is -1.39. The molecule has 0 saturated carbocycles. The molecule has 1 heteroatoms. The Morgan fingerprint density at radius 2 is 1.50 bits per heavy atom. The second-order valence-electron chi connectivity index (χ2n) is 4.04. The SMILES string of the molecule is C=C(C)[Si](CC)(C(=C)C)C(C)C.